The van der Waals surface area contributed by atoms with E-state index in [4.69, 9.17) is 9.84 Å². The SMILES string of the molecule is CNCCCCCCS[C@H]1O[C@H](CO)[C@@H](O)[C@H](O)[C@@H]1O. The van der Waals surface area contributed by atoms with Crippen LogP contribution in [0.3, 0.4) is 0 Å². The summed E-state index contributed by atoms with van der Waals surface area (Å²) in [5.41, 5.74) is -0.595. The normalized spacial score (nSPS) is 34.4. The van der Waals surface area contributed by atoms with Gasteiger partial charge in [0.25, 0.3) is 0 Å². The predicted octanol–water partition coefficient (Wildman–Crippen LogP) is -0.701. The van der Waals surface area contributed by atoms with Gasteiger partial charge in [0.15, 0.2) is 0 Å². The molecule has 0 radical (unpaired) electrons. The van der Waals surface area contributed by atoms with Crippen molar-refractivity contribution in [3.05, 3.63) is 0 Å². The molecule has 1 saturated heterocycles. The molecule has 6 nitrogen and oxygen atoms in total. The molecule has 0 saturated carbocycles. The van der Waals surface area contributed by atoms with E-state index >= 15 is 0 Å². The van der Waals surface area contributed by atoms with Gasteiger partial charge in [0.05, 0.1) is 6.61 Å². The molecule has 0 aromatic heterocycles. The van der Waals surface area contributed by atoms with Crippen molar-refractivity contribution in [1.29, 1.82) is 0 Å². The van der Waals surface area contributed by atoms with Crippen molar-refractivity contribution < 1.29 is 25.2 Å². The second kappa shape index (κ2) is 9.94. The number of rotatable bonds is 9. The number of hydrogen-bond acceptors (Lipinski definition) is 7. The molecule has 1 rings (SSSR count). The van der Waals surface area contributed by atoms with Crippen LogP contribution in [-0.2, 0) is 4.74 Å². The molecule has 120 valence electrons. The molecule has 5 atom stereocenters. The highest BCUT2D eigenvalue weighted by molar-refractivity contribution is 7.99. The fourth-order valence-corrected chi connectivity index (χ4v) is 3.34. The summed E-state index contributed by atoms with van der Waals surface area (Å²) in [5, 5.41) is 41.3. The number of unbranched alkanes of at least 4 members (excludes halogenated alkanes) is 3. The van der Waals surface area contributed by atoms with E-state index in [1.807, 2.05) is 7.05 Å². The van der Waals surface area contributed by atoms with Crippen molar-refractivity contribution in [1.82, 2.24) is 5.32 Å². The first-order valence-corrected chi connectivity index (χ1v) is 8.23. The van der Waals surface area contributed by atoms with Crippen molar-refractivity contribution >= 4 is 11.8 Å². The summed E-state index contributed by atoms with van der Waals surface area (Å²) >= 11 is 1.42. The van der Waals surface area contributed by atoms with Crippen LogP contribution in [0.15, 0.2) is 0 Å². The van der Waals surface area contributed by atoms with Crippen LogP contribution in [0.5, 0.6) is 0 Å². The Balaban J connectivity index is 2.21. The van der Waals surface area contributed by atoms with E-state index in [1.165, 1.54) is 11.8 Å². The summed E-state index contributed by atoms with van der Waals surface area (Å²) in [6.45, 7) is 0.659. The van der Waals surface area contributed by atoms with Crippen molar-refractivity contribution in [2.45, 2.75) is 55.5 Å². The number of aliphatic hydroxyl groups excluding tert-OH is 4. The topological polar surface area (TPSA) is 102 Å². The number of aliphatic hydroxyl groups is 4. The Bertz CT molecular complexity index is 257. The third-order valence-corrected chi connectivity index (χ3v) is 4.69. The lowest BCUT2D eigenvalue weighted by molar-refractivity contribution is -0.205. The second-order valence-corrected chi connectivity index (χ2v) is 6.29. The largest absolute Gasteiger partial charge is 0.394 e. The summed E-state index contributed by atoms with van der Waals surface area (Å²) in [5.74, 6) is 0.822. The maximum absolute atomic E-state index is 9.85. The van der Waals surface area contributed by atoms with Crippen LogP contribution >= 0.6 is 11.8 Å². The number of thioether (sulfide) groups is 1. The standard InChI is InChI=1S/C13H27NO5S/c1-14-6-4-2-3-5-7-20-13-12(18)11(17)10(16)9(8-15)19-13/h9-18H,2-8H2,1H3/t9-,10-,11+,12+,13-/m1/s1. The maximum atomic E-state index is 9.85. The number of nitrogens with one attached hydrogen (secondary N) is 1. The highest BCUT2D eigenvalue weighted by Crippen LogP contribution is 2.29. The van der Waals surface area contributed by atoms with Gasteiger partial charge in [0.2, 0.25) is 0 Å². The third kappa shape index (κ3) is 5.48. The van der Waals surface area contributed by atoms with Gasteiger partial charge < -0.3 is 30.5 Å². The van der Waals surface area contributed by atoms with Crippen LogP contribution in [0.4, 0.5) is 0 Å². The molecule has 1 aliphatic rings. The third-order valence-electron chi connectivity index (χ3n) is 3.45. The zero-order valence-electron chi connectivity index (χ0n) is 11.9. The Morgan fingerprint density at radius 2 is 1.70 bits per heavy atom. The van der Waals surface area contributed by atoms with Crippen molar-refractivity contribution in [3.63, 3.8) is 0 Å². The van der Waals surface area contributed by atoms with Crippen LogP contribution in [0.25, 0.3) is 0 Å². The van der Waals surface area contributed by atoms with Crippen molar-refractivity contribution in [2.75, 3.05) is 26.0 Å². The Morgan fingerprint density at radius 3 is 2.35 bits per heavy atom. The summed E-state index contributed by atoms with van der Waals surface area (Å²) in [6.07, 6.45) is -0.0154. The fourth-order valence-electron chi connectivity index (χ4n) is 2.16. The van der Waals surface area contributed by atoms with Gasteiger partial charge in [-0.3, -0.25) is 0 Å². The average molecular weight is 309 g/mol. The Kier molecular flexibility index (Phi) is 9.03. The molecule has 1 aliphatic heterocycles. The summed E-state index contributed by atoms with van der Waals surface area (Å²) in [6, 6.07) is 0. The van der Waals surface area contributed by atoms with Gasteiger partial charge in [-0.2, -0.15) is 0 Å². The predicted molar refractivity (Wildman–Crippen MR) is 78.6 cm³/mol. The van der Waals surface area contributed by atoms with Gasteiger partial charge in [-0.25, -0.2) is 0 Å². The van der Waals surface area contributed by atoms with E-state index in [0.29, 0.717) is 0 Å². The van der Waals surface area contributed by atoms with Gasteiger partial charge in [-0.05, 0) is 32.2 Å². The van der Waals surface area contributed by atoms with Gasteiger partial charge in [-0.15, -0.1) is 11.8 Å². The van der Waals surface area contributed by atoms with Crippen molar-refractivity contribution in [2.24, 2.45) is 0 Å². The van der Waals surface area contributed by atoms with Crippen LogP contribution in [0.2, 0.25) is 0 Å². The van der Waals surface area contributed by atoms with E-state index in [1.54, 1.807) is 0 Å². The lowest BCUT2D eigenvalue weighted by atomic mass is 10.0. The van der Waals surface area contributed by atoms with Crippen LogP contribution in [-0.4, -0.2) is 76.2 Å². The van der Waals surface area contributed by atoms with Gasteiger partial charge in [0.1, 0.15) is 29.9 Å². The van der Waals surface area contributed by atoms with Gasteiger partial charge in [-0.1, -0.05) is 12.8 Å². The summed E-state index contributed by atoms with van der Waals surface area (Å²) in [7, 11) is 1.94. The van der Waals surface area contributed by atoms with Crippen LogP contribution in [0, 0.1) is 0 Å². The number of ether oxygens (including phenoxy) is 1. The minimum Gasteiger partial charge on any atom is -0.394 e. The summed E-state index contributed by atoms with van der Waals surface area (Å²) in [4.78, 5) is 0. The van der Waals surface area contributed by atoms with E-state index in [0.717, 1.165) is 38.0 Å². The molecule has 0 aromatic carbocycles. The molecule has 1 fully saturated rings. The molecular formula is C13H27NO5S. The molecule has 0 amide bonds. The first-order chi connectivity index (χ1) is 9.61. The second-order valence-electron chi connectivity index (χ2n) is 5.09. The molecule has 0 unspecified atom stereocenters. The zero-order valence-corrected chi connectivity index (χ0v) is 12.8. The quantitative estimate of drug-likeness (QED) is 0.359. The fraction of sp³-hybridized carbons (Fsp3) is 1.00. The zero-order chi connectivity index (χ0) is 15.0. The highest BCUT2D eigenvalue weighted by atomic mass is 32.2. The van der Waals surface area contributed by atoms with E-state index in [2.05, 4.69) is 5.32 Å². The van der Waals surface area contributed by atoms with E-state index in [-0.39, 0.29) is 6.61 Å². The molecule has 0 aromatic rings. The maximum Gasteiger partial charge on any atom is 0.132 e. The first kappa shape index (κ1) is 18.2. The minimum atomic E-state index is -1.27. The lowest BCUT2D eigenvalue weighted by Crippen LogP contribution is -2.57. The molecule has 5 N–H and O–H groups in total. The van der Waals surface area contributed by atoms with Crippen LogP contribution < -0.4 is 5.32 Å². The molecule has 0 spiro atoms. The minimum absolute atomic E-state index is 0.369. The Labute approximate surface area is 124 Å². The molecule has 20 heavy (non-hydrogen) atoms. The Morgan fingerprint density at radius 1 is 1.00 bits per heavy atom. The lowest BCUT2D eigenvalue weighted by Gasteiger charge is -2.39. The molecule has 0 bridgehead atoms. The highest BCUT2D eigenvalue weighted by Gasteiger charge is 2.43. The van der Waals surface area contributed by atoms with Gasteiger partial charge in [0, 0.05) is 0 Å². The smallest absolute Gasteiger partial charge is 0.132 e. The average Bonchev–Trinajstić information content (AvgIpc) is 2.46. The molecule has 0 aliphatic carbocycles. The molecular weight excluding hydrogens is 282 g/mol. The molecule has 1 heterocycles. The summed E-state index contributed by atoms with van der Waals surface area (Å²) < 4.78 is 5.42. The monoisotopic (exact) mass is 309 g/mol. The first-order valence-electron chi connectivity index (χ1n) is 7.18. The van der Waals surface area contributed by atoms with Crippen molar-refractivity contribution in [3.8, 4) is 0 Å². The van der Waals surface area contributed by atoms with Gasteiger partial charge >= 0.3 is 0 Å². The number of hydrogen-bond donors (Lipinski definition) is 5. The van der Waals surface area contributed by atoms with Crippen LogP contribution in [0.1, 0.15) is 25.7 Å². The van der Waals surface area contributed by atoms with E-state index in [9.17, 15) is 15.3 Å². The Hall–Kier alpha value is 0.110. The molecule has 7 heteroatoms. The van der Waals surface area contributed by atoms with E-state index < -0.39 is 29.9 Å².